The largest absolute Gasteiger partial charge is 0.497 e. The van der Waals surface area contributed by atoms with Gasteiger partial charge in [-0.15, -0.1) is 0 Å². The third-order valence-corrected chi connectivity index (χ3v) is 8.72. The number of hydrogen-bond acceptors (Lipinski definition) is 10. The number of rotatable bonds is 18. The molecule has 284 valence electrons. The fraction of sp³-hybridized carbons (Fsp3) is 0.244. The van der Waals surface area contributed by atoms with E-state index >= 15 is 0 Å². The monoisotopic (exact) mass is 744 g/mol. The van der Waals surface area contributed by atoms with Crippen molar-refractivity contribution in [3.63, 3.8) is 0 Å². The lowest BCUT2D eigenvalue weighted by Crippen LogP contribution is -2.26. The molecule has 2 atom stereocenters. The maximum absolute atomic E-state index is 13.0. The van der Waals surface area contributed by atoms with Crippen molar-refractivity contribution < 1.29 is 47.6 Å². The highest BCUT2D eigenvalue weighted by molar-refractivity contribution is 5.91. The summed E-state index contributed by atoms with van der Waals surface area (Å²) in [5, 5.41) is 2.19. The van der Waals surface area contributed by atoms with E-state index in [0.29, 0.717) is 60.2 Å². The lowest BCUT2D eigenvalue weighted by molar-refractivity contribution is -0.149. The van der Waals surface area contributed by atoms with Crippen LogP contribution in [0.5, 0.6) is 28.7 Å². The van der Waals surface area contributed by atoms with Crippen LogP contribution in [0.1, 0.15) is 55.5 Å². The van der Waals surface area contributed by atoms with Gasteiger partial charge in [0.05, 0.1) is 37.7 Å². The van der Waals surface area contributed by atoms with Crippen molar-refractivity contribution >= 4 is 40.7 Å². The van der Waals surface area contributed by atoms with E-state index in [2.05, 4.69) is 0 Å². The number of fused-ring (bicyclic) bond motifs is 1. The zero-order valence-electron chi connectivity index (χ0n) is 31.1. The topological polar surface area (TPSA) is 124 Å². The summed E-state index contributed by atoms with van der Waals surface area (Å²) in [6, 6.07) is 33.5. The summed E-state index contributed by atoms with van der Waals surface area (Å²) in [6.07, 6.45) is 5.06. The zero-order valence-corrected chi connectivity index (χ0v) is 31.1. The predicted molar refractivity (Wildman–Crippen MR) is 208 cm³/mol. The molecule has 10 nitrogen and oxygen atoms in total. The van der Waals surface area contributed by atoms with Gasteiger partial charge in [0.1, 0.15) is 28.7 Å². The van der Waals surface area contributed by atoms with Crippen molar-refractivity contribution in [2.24, 2.45) is 11.8 Å². The Kier molecular flexibility index (Phi) is 14.6. The number of esters is 4. The fourth-order valence-corrected chi connectivity index (χ4v) is 5.56. The number of benzene rings is 5. The highest BCUT2D eigenvalue weighted by atomic mass is 16.5. The fourth-order valence-electron chi connectivity index (χ4n) is 5.56. The Morgan fingerprint density at radius 2 is 1.24 bits per heavy atom. The van der Waals surface area contributed by atoms with Gasteiger partial charge < -0.3 is 28.4 Å². The summed E-state index contributed by atoms with van der Waals surface area (Å²) in [6.45, 7) is 4.22. The summed E-state index contributed by atoms with van der Waals surface area (Å²) in [5.74, 6) is -0.580. The Hall–Kier alpha value is -6.42. The molecule has 0 heterocycles. The first-order chi connectivity index (χ1) is 26.7. The first-order valence-electron chi connectivity index (χ1n) is 18.2. The molecule has 0 bridgehead atoms. The molecule has 0 fully saturated rings. The average Bonchev–Trinajstić information content (AvgIpc) is 3.21. The van der Waals surface area contributed by atoms with E-state index in [0.717, 1.165) is 16.3 Å². The Labute approximate surface area is 320 Å². The second-order valence-corrected chi connectivity index (χ2v) is 12.8. The Balaban J connectivity index is 0.962. The SMILES string of the molecule is CCC(CC(C)C(=O)OCCCCOc1ccc(C(=O)Oc2ccc(OC)cc2)cc1)C(=O)Oc1ccc(OC(=O)/C=C/c2ccc3ccccc3c2)cc1. The highest BCUT2D eigenvalue weighted by Gasteiger charge is 2.26. The number of hydrogen-bond donors (Lipinski definition) is 0. The second-order valence-electron chi connectivity index (χ2n) is 12.8. The minimum absolute atomic E-state index is 0.222. The lowest BCUT2D eigenvalue weighted by atomic mass is 9.94. The van der Waals surface area contributed by atoms with Crippen LogP contribution >= 0.6 is 0 Å². The van der Waals surface area contributed by atoms with E-state index in [1.54, 1.807) is 92.9 Å². The van der Waals surface area contributed by atoms with E-state index in [4.69, 9.17) is 28.4 Å². The molecular weight excluding hydrogens is 700 g/mol. The minimum atomic E-state index is -0.534. The van der Waals surface area contributed by atoms with Crippen LogP contribution in [0.4, 0.5) is 0 Å². The van der Waals surface area contributed by atoms with Gasteiger partial charge in [0.15, 0.2) is 0 Å². The number of unbranched alkanes of at least 4 members (excludes halogenated alkanes) is 1. The summed E-state index contributed by atoms with van der Waals surface area (Å²) >= 11 is 0. The van der Waals surface area contributed by atoms with Gasteiger partial charge in [-0.2, -0.15) is 0 Å². The molecule has 5 aromatic rings. The van der Waals surface area contributed by atoms with Crippen molar-refractivity contribution in [1.82, 2.24) is 0 Å². The summed E-state index contributed by atoms with van der Waals surface area (Å²) < 4.78 is 32.7. The minimum Gasteiger partial charge on any atom is -0.497 e. The maximum atomic E-state index is 13.0. The molecule has 0 aliphatic heterocycles. The Bertz CT molecular complexity index is 2070. The van der Waals surface area contributed by atoms with Crippen LogP contribution in [-0.4, -0.2) is 44.2 Å². The molecule has 0 aromatic heterocycles. The summed E-state index contributed by atoms with van der Waals surface area (Å²) in [5.41, 5.74) is 1.26. The van der Waals surface area contributed by atoms with Gasteiger partial charge in [0.25, 0.3) is 0 Å². The van der Waals surface area contributed by atoms with E-state index in [9.17, 15) is 19.2 Å². The number of ether oxygens (including phenoxy) is 6. The van der Waals surface area contributed by atoms with Crippen LogP contribution in [0.15, 0.2) is 121 Å². The summed E-state index contributed by atoms with van der Waals surface area (Å²) in [4.78, 5) is 50.4. The molecule has 0 spiro atoms. The molecule has 0 N–H and O–H groups in total. The standard InChI is InChI=1S/C45H44O10/c1-4-33(44(48)54-41-24-22-39(23-25-41)53-42(46)26-12-32-11-13-34-9-5-6-10-36(34)30-32)29-31(2)43(47)52-28-8-7-27-51-38-16-14-35(15-17-38)45(49)55-40-20-18-37(50-3)19-21-40/h5-6,9-26,30-31,33H,4,7-8,27-29H2,1-3H3/b26-12+. The molecule has 0 aliphatic rings. The molecule has 5 rings (SSSR count). The van der Waals surface area contributed by atoms with Crippen molar-refractivity contribution in [1.29, 1.82) is 0 Å². The molecule has 55 heavy (non-hydrogen) atoms. The normalized spacial score (nSPS) is 12.1. The van der Waals surface area contributed by atoms with Gasteiger partial charge in [-0.1, -0.05) is 50.2 Å². The van der Waals surface area contributed by atoms with Crippen LogP contribution < -0.4 is 23.7 Å². The Morgan fingerprint density at radius 1 is 0.636 bits per heavy atom. The first-order valence-corrected chi connectivity index (χ1v) is 18.2. The van der Waals surface area contributed by atoms with E-state index < -0.39 is 29.7 Å². The van der Waals surface area contributed by atoms with Crippen LogP contribution in [-0.2, 0) is 19.1 Å². The van der Waals surface area contributed by atoms with Crippen LogP contribution in [0.25, 0.3) is 16.8 Å². The molecular formula is C45H44O10. The molecule has 10 heteroatoms. The van der Waals surface area contributed by atoms with Gasteiger partial charge in [0.2, 0.25) is 0 Å². The van der Waals surface area contributed by atoms with Crippen LogP contribution in [0.2, 0.25) is 0 Å². The van der Waals surface area contributed by atoms with Crippen LogP contribution in [0.3, 0.4) is 0 Å². The van der Waals surface area contributed by atoms with Gasteiger partial charge in [-0.3, -0.25) is 9.59 Å². The van der Waals surface area contributed by atoms with Crippen LogP contribution in [0, 0.1) is 11.8 Å². The van der Waals surface area contributed by atoms with Gasteiger partial charge >= 0.3 is 23.9 Å². The van der Waals surface area contributed by atoms with Crippen molar-refractivity contribution in [3.8, 4) is 28.7 Å². The molecule has 5 aromatic carbocycles. The Morgan fingerprint density at radius 3 is 1.91 bits per heavy atom. The third-order valence-electron chi connectivity index (χ3n) is 8.72. The van der Waals surface area contributed by atoms with Gasteiger partial charge in [0, 0.05) is 6.08 Å². The van der Waals surface area contributed by atoms with Crippen molar-refractivity contribution in [2.75, 3.05) is 20.3 Å². The van der Waals surface area contributed by atoms with E-state index in [1.165, 1.54) is 6.08 Å². The predicted octanol–water partition coefficient (Wildman–Crippen LogP) is 9.05. The van der Waals surface area contributed by atoms with Gasteiger partial charge in [-0.05, 0) is 127 Å². The third kappa shape index (κ3) is 12.3. The molecule has 0 aliphatic carbocycles. The van der Waals surface area contributed by atoms with Crippen molar-refractivity contribution in [2.45, 2.75) is 39.5 Å². The average molecular weight is 745 g/mol. The number of methoxy groups -OCH3 is 1. The second kappa shape index (κ2) is 20.1. The molecule has 0 saturated heterocycles. The zero-order chi connectivity index (χ0) is 39.0. The lowest BCUT2D eigenvalue weighted by Gasteiger charge is -2.18. The maximum Gasteiger partial charge on any atom is 0.343 e. The first kappa shape index (κ1) is 39.8. The highest BCUT2D eigenvalue weighted by Crippen LogP contribution is 2.24. The molecule has 2 unspecified atom stereocenters. The molecule has 0 saturated carbocycles. The van der Waals surface area contributed by atoms with E-state index in [-0.39, 0.29) is 19.0 Å². The summed E-state index contributed by atoms with van der Waals surface area (Å²) in [7, 11) is 1.56. The molecule has 0 amide bonds. The number of carbonyl (C=O) groups excluding carboxylic acids is 4. The quantitative estimate of drug-likeness (QED) is 0.0372. The van der Waals surface area contributed by atoms with Gasteiger partial charge in [-0.25, -0.2) is 9.59 Å². The van der Waals surface area contributed by atoms with Crippen molar-refractivity contribution in [3.05, 3.63) is 132 Å². The van der Waals surface area contributed by atoms with E-state index in [1.807, 2.05) is 49.4 Å². The smallest absolute Gasteiger partial charge is 0.343 e. The number of carbonyl (C=O) groups is 4. The molecule has 0 radical (unpaired) electrons.